The van der Waals surface area contributed by atoms with Crippen LogP contribution in [0.3, 0.4) is 0 Å². The fraction of sp³-hybridized carbons (Fsp3) is 0.348. The molecule has 0 fully saturated rings. The number of para-hydroxylation sites is 1. The molecule has 0 aromatic heterocycles. The molecule has 1 heterocycles. The maximum absolute atomic E-state index is 12.0. The molecular weight excluding hydrogens is 505 g/mol. The molecule has 1 atom stereocenters. The molecule has 0 bridgehead atoms. The van der Waals surface area contributed by atoms with Gasteiger partial charge in [0, 0.05) is 43.2 Å². The van der Waals surface area contributed by atoms with Crippen molar-refractivity contribution in [3.8, 4) is 0 Å². The van der Waals surface area contributed by atoms with Crippen LogP contribution in [0.1, 0.15) is 41.6 Å². The topological polar surface area (TPSA) is 94.6 Å². The van der Waals surface area contributed by atoms with Crippen LogP contribution in [-0.4, -0.2) is 44.0 Å². The largest absolute Gasteiger partial charge is 0.357 e. The lowest BCUT2D eigenvalue weighted by Gasteiger charge is -2.24. The number of nitrogens with zero attached hydrogens (tertiary/aromatic N) is 1. The van der Waals surface area contributed by atoms with E-state index in [-0.39, 0.29) is 41.7 Å². The summed E-state index contributed by atoms with van der Waals surface area (Å²) in [6.45, 7) is 4.56. The molecule has 166 valence electrons. The lowest BCUT2D eigenvalue weighted by molar-refractivity contribution is -0.116. The third-order valence-corrected chi connectivity index (χ3v) is 4.89. The maximum atomic E-state index is 12.0. The predicted octanol–water partition coefficient (Wildman–Crippen LogP) is 3.11. The number of nitrogens with one attached hydrogen (secondary N) is 4. The van der Waals surface area contributed by atoms with Gasteiger partial charge in [0.2, 0.25) is 5.91 Å². The van der Waals surface area contributed by atoms with Crippen LogP contribution in [0.15, 0.2) is 59.6 Å². The van der Waals surface area contributed by atoms with Gasteiger partial charge in [0.05, 0.1) is 6.54 Å². The predicted molar refractivity (Wildman–Crippen MR) is 135 cm³/mol. The molecule has 7 nitrogen and oxygen atoms in total. The minimum atomic E-state index is -0.0644. The highest BCUT2D eigenvalue weighted by molar-refractivity contribution is 14.0. The second kappa shape index (κ2) is 12.9. The van der Waals surface area contributed by atoms with Crippen molar-refractivity contribution in [1.29, 1.82) is 0 Å². The SMILES string of the molecule is CCNC(=NCC1CC(=O)Nc2ccccc21)NCCCNC(=O)c1ccccc1.I. The van der Waals surface area contributed by atoms with Crippen LogP contribution in [0.25, 0.3) is 0 Å². The van der Waals surface area contributed by atoms with Gasteiger partial charge in [-0.25, -0.2) is 0 Å². The Morgan fingerprint density at radius 3 is 2.52 bits per heavy atom. The number of hydrogen-bond acceptors (Lipinski definition) is 3. The number of fused-ring (bicyclic) bond motifs is 1. The smallest absolute Gasteiger partial charge is 0.251 e. The first-order valence-corrected chi connectivity index (χ1v) is 10.4. The Hall–Kier alpha value is -2.62. The van der Waals surface area contributed by atoms with E-state index in [1.54, 1.807) is 12.1 Å². The van der Waals surface area contributed by atoms with Gasteiger partial charge in [-0.3, -0.25) is 14.6 Å². The molecule has 1 unspecified atom stereocenters. The number of amides is 2. The summed E-state index contributed by atoms with van der Waals surface area (Å²) in [4.78, 5) is 28.7. The summed E-state index contributed by atoms with van der Waals surface area (Å²) in [6.07, 6.45) is 1.21. The normalized spacial score (nSPS) is 15.2. The van der Waals surface area contributed by atoms with E-state index in [1.165, 1.54) is 0 Å². The Labute approximate surface area is 200 Å². The first-order chi connectivity index (χ1) is 14.7. The van der Waals surface area contributed by atoms with Gasteiger partial charge in [0.1, 0.15) is 0 Å². The monoisotopic (exact) mass is 535 g/mol. The standard InChI is InChI=1S/C23H29N5O2.HI/c1-2-24-23(26-14-8-13-25-22(30)17-9-4-3-5-10-17)27-16-18-15-21(29)28-20-12-7-6-11-19(18)20;/h3-7,9-12,18H,2,8,13-16H2,1H3,(H,25,30)(H,28,29)(H2,24,26,27);1H. The molecule has 2 aromatic carbocycles. The molecule has 0 saturated carbocycles. The molecule has 0 spiro atoms. The maximum Gasteiger partial charge on any atom is 0.251 e. The van der Waals surface area contributed by atoms with E-state index in [2.05, 4.69) is 26.3 Å². The molecule has 4 N–H and O–H groups in total. The highest BCUT2D eigenvalue weighted by Crippen LogP contribution is 2.31. The van der Waals surface area contributed by atoms with Gasteiger partial charge in [-0.2, -0.15) is 0 Å². The Balaban J connectivity index is 0.00000341. The van der Waals surface area contributed by atoms with E-state index >= 15 is 0 Å². The van der Waals surface area contributed by atoms with Crippen LogP contribution in [0, 0.1) is 0 Å². The van der Waals surface area contributed by atoms with Crippen LogP contribution in [-0.2, 0) is 4.79 Å². The van der Waals surface area contributed by atoms with Crippen molar-refractivity contribution in [3.63, 3.8) is 0 Å². The molecule has 2 aromatic rings. The minimum absolute atomic E-state index is 0. The second-order valence-electron chi connectivity index (χ2n) is 7.16. The quantitative estimate of drug-likeness (QED) is 0.181. The molecular formula is C23H30IN5O2. The average molecular weight is 535 g/mol. The third kappa shape index (κ3) is 7.54. The third-order valence-electron chi connectivity index (χ3n) is 4.89. The number of carbonyl (C=O) groups excluding carboxylic acids is 2. The minimum Gasteiger partial charge on any atom is -0.357 e. The summed E-state index contributed by atoms with van der Waals surface area (Å²) in [6, 6.07) is 17.1. The van der Waals surface area contributed by atoms with Crippen LogP contribution >= 0.6 is 24.0 Å². The van der Waals surface area contributed by atoms with Crippen LogP contribution in [0.5, 0.6) is 0 Å². The summed E-state index contributed by atoms with van der Waals surface area (Å²) < 4.78 is 0. The molecule has 1 aliphatic rings. The molecule has 0 aliphatic carbocycles. The van der Waals surface area contributed by atoms with Crippen molar-refractivity contribution >= 4 is 47.4 Å². The zero-order chi connectivity index (χ0) is 21.2. The number of aliphatic imine (C=N–C) groups is 1. The Morgan fingerprint density at radius 2 is 1.74 bits per heavy atom. The fourth-order valence-corrected chi connectivity index (χ4v) is 3.40. The first-order valence-electron chi connectivity index (χ1n) is 10.4. The van der Waals surface area contributed by atoms with E-state index in [1.807, 2.05) is 49.4 Å². The molecule has 2 amide bonds. The molecule has 8 heteroatoms. The first kappa shape index (κ1) is 24.6. The fourth-order valence-electron chi connectivity index (χ4n) is 3.40. The zero-order valence-electron chi connectivity index (χ0n) is 17.7. The molecule has 0 saturated heterocycles. The molecule has 1 aliphatic heterocycles. The number of carbonyl (C=O) groups is 2. The van der Waals surface area contributed by atoms with Crippen molar-refractivity contribution in [2.75, 3.05) is 31.5 Å². The number of anilines is 1. The van der Waals surface area contributed by atoms with Crippen LogP contribution < -0.4 is 21.3 Å². The van der Waals surface area contributed by atoms with Gasteiger partial charge >= 0.3 is 0 Å². The number of halogens is 1. The Morgan fingerprint density at radius 1 is 1.03 bits per heavy atom. The van der Waals surface area contributed by atoms with Gasteiger partial charge in [-0.15, -0.1) is 24.0 Å². The van der Waals surface area contributed by atoms with E-state index in [9.17, 15) is 9.59 Å². The molecule has 0 radical (unpaired) electrons. The Kier molecular flexibility index (Phi) is 10.3. The van der Waals surface area contributed by atoms with Gasteiger partial charge in [0.15, 0.2) is 5.96 Å². The Bertz CT molecular complexity index is 889. The van der Waals surface area contributed by atoms with Crippen molar-refractivity contribution in [2.45, 2.75) is 25.7 Å². The van der Waals surface area contributed by atoms with Gasteiger partial charge < -0.3 is 21.3 Å². The average Bonchev–Trinajstić information content (AvgIpc) is 2.77. The zero-order valence-corrected chi connectivity index (χ0v) is 20.0. The summed E-state index contributed by atoms with van der Waals surface area (Å²) >= 11 is 0. The van der Waals surface area contributed by atoms with Crippen molar-refractivity contribution in [1.82, 2.24) is 16.0 Å². The summed E-state index contributed by atoms with van der Waals surface area (Å²) in [5.74, 6) is 0.748. The number of hydrogen-bond donors (Lipinski definition) is 4. The number of guanidine groups is 1. The van der Waals surface area contributed by atoms with Crippen LogP contribution in [0.2, 0.25) is 0 Å². The number of rotatable bonds is 8. The highest BCUT2D eigenvalue weighted by Gasteiger charge is 2.24. The summed E-state index contributed by atoms with van der Waals surface area (Å²) in [5.41, 5.74) is 2.67. The second-order valence-corrected chi connectivity index (χ2v) is 7.16. The molecule has 3 rings (SSSR count). The lowest BCUT2D eigenvalue weighted by Crippen LogP contribution is -2.39. The van der Waals surface area contributed by atoms with Crippen molar-refractivity contribution in [2.24, 2.45) is 4.99 Å². The van der Waals surface area contributed by atoms with Crippen molar-refractivity contribution < 1.29 is 9.59 Å². The summed E-state index contributed by atoms with van der Waals surface area (Å²) in [5, 5.41) is 12.4. The molecule has 31 heavy (non-hydrogen) atoms. The van der Waals surface area contributed by atoms with E-state index in [0.29, 0.717) is 31.6 Å². The van der Waals surface area contributed by atoms with E-state index < -0.39 is 0 Å². The summed E-state index contributed by atoms with van der Waals surface area (Å²) in [7, 11) is 0. The van der Waals surface area contributed by atoms with Crippen molar-refractivity contribution in [3.05, 3.63) is 65.7 Å². The van der Waals surface area contributed by atoms with Gasteiger partial charge in [-0.05, 0) is 37.1 Å². The van der Waals surface area contributed by atoms with Gasteiger partial charge in [-0.1, -0.05) is 36.4 Å². The lowest BCUT2D eigenvalue weighted by atomic mass is 9.91. The van der Waals surface area contributed by atoms with Crippen LogP contribution in [0.4, 0.5) is 5.69 Å². The van der Waals surface area contributed by atoms with E-state index in [4.69, 9.17) is 0 Å². The highest BCUT2D eigenvalue weighted by atomic mass is 127. The van der Waals surface area contributed by atoms with E-state index in [0.717, 1.165) is 30.2 Å². The van der Waals surface area contributed by atoms with Gasteiger partial charge in [0.25, 0.3) is 5.91 Å². The number of benzene rings is 2.